The van der Waals surface area contributed by atoms with Gasteiger partial charge in [0.25, 0.3) is 11.5 Å². The lowest BCUT2D eigenvalue weighted by molar-refractivity contribution is -0.139. The number of nitrogens with one attached hydrogen (secondary N) is 1. The zero-order valence-corrected chi connectivity index (χ0v) is 27.4. The molecule has 3 N–H and O–H groups in total. The third-order valence-electron chi connectivity index (χ3n) is 9.87. The van der Waals surface area contributed by atoms with E-state index in [1.807, 2.05) is 66.7 Å². The van der Waals surface area contributed by atoms with Crippen molar-refractivity contribution in [1.82, 2.24) is 14.7 Å². The van der Waals surface area contributed by atoms with Gasteiger partial charge in [-0.25, -0.2) is 4.68 Å². The van der Waals surface area contributed by atoms with Gasteiger partial charge in [-0.05, 0) is 65.6 Å². The van der Waals surface area contributed by atoms with E-state index in [0.29, 0.717) is 41.0 Å². The quantitative estimate of drug-likeness (QED) is 0.199. The zero-order valence-electron chi connectivity index (χ0n) is 27.4. The molecule has 3 atom stereocenters. The standard InChI is InChI=1S/C39H38N4O6/c1-25(8-7-13-36(45)41-23-28-10-4-3-9-27(28)20-30(41)24-44)39(48)33-21-31(49-2)18-19-35(33)42(38(39)47)22-26-14-16-29(17-15-26)43-37(46)32-11-5-6-12-34(32)40-43/h3-12,14-19,21,25,30,40,44,48H,13,20,22-24H2,1-2H3/b8-7+/t25-,30+,39+/m1/s1. The number of amides is 2. The first-order valence-corrected chi connectivity index (χ1v) is 16.4. The fourth-order valence-corrected chi connectivity index (χ4v) is 7.06. The molecule has 0 unspecified atom stereocenters. The number of benzene rings is 4. The number of methoxy groups -OCH3 is 1. The van der Waals surface area contributed by atoms with Crippen LogP contribution in [0, 0.1) is 5.92 Å². The van der Waals surface area contributed by atoms with Gasteiger partial charge >= 0.3 is 0 Å². The van der Waals surface area contributed by atoms with Crippen molar-refractivity contribution in [3.8, 4) is 11.4 Å². The molecule has 0 bridgehead atoms. The first kappa shape index (κ1) is 32.1. The highest BCUT2D eigenvalue weighted by Gasteiger charge is 2.52. The topological polar surface area (TPSA) is 128 Å². The molecule has 250 valence electrons. The molecular weight excluding hydrogens is 620 g/mol. The Morgan fingerprint density at radius 2 is 1.76 bits per heavy atom. The Hall–Kier alpha value is -5.45. The third-order valence-corrected chi connectivity index (χ3v) is 9.87. The Morgan fingerprint density at radius 1 is 1.02 bits per heavy atom. The van der Waals surface area contributed by atoms with Gasteiger partial charge in [0, 0.05) is 24.4 Å². The largest absolute Gasteiger partial charge is 0.497 e. The third kappa shape index (κ3) is 5.62. The van der Waals surface area contributed by atoms with Crippen LogP contribution < -0.4 is 15.2 Å². The fraction of sp³-hybridized carbons (Fsp3) is 0.256. The Kier molecular flexibility index (Phi) is 8.43. The molecule has 0 aliphatic carbocycles. The number of para-hydroxylation sites is 1. The van der Waals surface area contributed by atoms with Gasteiger partial charge in [0.05, 0.1) is 48.6 Å². The summed E-state index contributed by atoms with van der Waals surface area (Å²) in [7, 11) is 1.53. The van der Waals surface area contributed by atoms with Crippen LogP contribution in [0.1, 0.15) is 35.6 Å². The molecule has 1 aromatic heterocycles. The number of nitrogens with zero attached hydrogens (tertiary/aromatic N) is 3. The van der Waals surface area contributed by atoms with Crippen LogP contribution in [0.3, 0.4) is 0 Å². The summed E-state index contributed by atoms with van der Waals surface area (Å²) in [4.78, 5) is 43.7. The molecule has 2 amide bonds. The molecule has 10 heteroatoms. The SMILES string of the molecule is COc1ccc2c(c1)[C@@](O)([C@H](C)/C=C/CC(=O)N1Cc3ccccc3C[C@H]1CO)C(=O)N2Cc1ccc(-n2[nH]c3ccccc3c2=O)cc1. The van der Waals surface area contributed by atoms with Crippen LogP contribution in [0.25, 0.3) is 16.6 Å². The average Bonchev–Trinajstić information content (AvgIpc) is 3.58. The van der Waals surface area contributed by atoms with Crippen molar-refractivity contribution in [1.29, 1.82) is 0 Å². The number of ether oxygens (including phenoxy) is 1. The molecule has 2 aliphatic heterocycles. The van der Waals surface area contributed by atoms with Crippen LogP contribution in [-0.2, 0) is 34.7 Å². The minimum Gasteiger partial charge on any atom is -0.497 e. The summed E-state index contributed by atoms with van der Waals surface area (Å²) >= 11 is 0. The molecule has 4 aromatic carbocycles. The maximum absolute atomic E-state index is 14.2. The molecule has 2 aliphatic rings. The Bertz CT molecular complexity index is 2130. The van der Waals surface area contributed by atoms with Gasteiger partial charge in [-0.1, -0.05) is 67.6 Å². The van der Waals surface area contributed by atoms with Crippen molar-refractivity contribution < 1.29 is 24.5 Å². The molecule has 7 rings (SSSR count). The summed E-state index contributed by atoms with van der Waals surface area (Å²) in [5, 5.41) is 25.9. The lowest BCUT2D eigenvalue weighted by Crippen LogP contribution is -2.46. The van der Waals surface area contributed by atoms with Gasteiger partial charge in [0.15, 0.2) is 5.60 Å². The van der Waals surface area contributed by atoms with Crippen LogP contribution >= 0.6 is 0 Å². The highest BCUT2D eigenvalue weighted by Crippen LogP contribution is 2.47. The van der Waals surface area contributed by atoms with E-state index in [-0.39, 0.29) is 37.1 Å². The Morgan fingerprint density at radius 3 is 2.49 bits per heavy atom. The first-order chi connectivity index (χ1) is 23.7. The molecule has 10 nitrogen and oxygen atoms in total. The van der Waals surface area contributed by atoms with E-state index in [1.54, 1.807) is 53.1 Å². The summed E-state index contributed by atoms with van der Waals surface area (Å²) in [6, 6.07) is 27.5. The van der Waals surface area contributed by atoms with Crippen LogP contribution in [0.15, 0.2) is 108 Å². The molecule has 0 spiro atoms. The van der Waals surface area contributed by atoms with Crippen LogP contribution in [0.4, 0.5) is 5.69 Å². The molecule has 0 saturated carbocycles. The summed E-state index contributed by atoms with van der Waals surface area (Å²) < 4.78 is 6.94. The van der Waals surface area contributed by atoms with E-state index in [1.165, 1.54) is 11.8 Å². The maximum Gasteiger partial charge on any atom is 0.279 e. The number of aromatic nitrogens is 2. The Labute approximate surface area is 283 Å². The summed E-state index contributed by atoms with van der Waals surface area (Å²) in [5.41, 5.74) is 3.35. The Balaban J connectivity index is 1.10. The van der Waals surface area contributed by atoms with E-state index in [4.69, 9.17) is 4.74 Å². The minimum atomic E-state index is -1.90. The average molecular weight is 659 g/mol. The van der Waals surface area contributed by atoms with Crippen molar-refractivity contribution in [2.75, 3.05) is 18.6 Å². The first-order valence-electron chi connectivity index (χ1n) is 16.4. The smallest absolute Gasteiger partial charge is 0.279 e. The van der Waals surface area contributed by atoms with E-state index >= 15 is 0 Å². The monoisotopic (exact) mass is 658 g/mol. The van der Waals surface area contributed by atoms with Crippen LogP contribution in [-0.4, -0.2) is 56.5 Å². The predicted octanol–water partition coefficient (Wildman–Crippen LogP) is 4.59. The van der Waals surface area contributed by atoms with Gasteiger partial charge in [0.1, 0.15) is 5.75 Å². The number of H-pyrrole nitrogens is 1. The molecule has 0 radical (unpaired) electrons. The number of rotatable bonds is 9. The molecule has 3 heterocycles. The summed E-state index contributed by atoms with van der Waals surface area (Å²) in [6.07, 6.45) is 4.06. The number of hydrogen-bond acceptors (Lipinski definition) is 6. The second-order valence-electron chi connectivity index (χ2n) is 12.8. The molecule has 0 saturated heterocycles. The molecule has 49 heavy (non-hydrogen) atoms. The van der Waals surface area contributed by atoms with Crippen molar-refractivity contribution in [2.24, 2.45) is 5.92 Å². The summed E-state index contributed by atoms with van der Waals surface area (Å²) in [6.45, 7) is 2.24. The number of hydrogen-bond donors (Lipinski definition) is 3. The number of anilines is 1. The summed E-state index contributed by atoms with van der Waals surface area (Å²) in [5.74, 6) is -0.797. The van der Waals surface area contributed by atoms with E-state index < -0.39 is 17.4 Å². The van der Waals surface area contributed by atoms with Crippen LogP contribution in [0.5, 0.6) is 5.75 Å². The number of fused-ring (bicyclic) bond motifs is 3. The van der Waals surface area contributed by atoms with Crippen LogP contribution in [0.2, 0.25) is 0 Å². The van der Waals surface area contributed by atoms with Gasteiger partial charge in [-0.15, -0.1) is 0 Å². The van der Waals surface area contributed by atoms with E-state index in [0.717, 1.165) is 22.2 Å². The normalized spacial score (nSPS) is 19.3. The van der Waals surface area contributed by atoms with Gasteiger partial charge in [-0.2, -0.15) is 0 Å². The molecular formula is C39H38N4O6. The number of carbonyl (C=O) groups excluding carboxylic acids is 2. The van der Waals surface area contributed by atoms with Crippen molar-refractivity contribution >= 4 is 28.4 Å². The highest BCUT2D eigenvalue weighted by molar-refractivity contribution is 6.07. The maximum atomic E-state index is 14.2. The number of carbonyl (C=O) groups is 2. The van der Waals surface area contributed by atoms with Gasteiger partial charge in [0.2, 0.25) is 5.91 Å². The second-order valence-corrected chi connectivity index (χ2v) is 12.8. The zero-order chi connectivity index (χ0) is 34.3. The van der Waals surface area contributed by atoms with Crippen molar-refractivity contribution in [3.63, 3.8) is 0 Å². The second kappa shape index (κ2) is 12.9. The van der Waals surface area contributed by atoms with Gasteiger partial charge in [-0.3, -0.25) is 19.5 Å². The predicted molar refractivity (Wildman–Crippen MR) is 186 cm³/mol. The van der Waals surface area contributed by atoms with Crippen molar-refractivity contribution in [2.45, 2.75) is 44.5 Å². The number of aliphatic hydroxyl groups excluding tert-OH is 1. The molecule has 0 fully saturated rings. The van der Waals surface area contributed by atoms with E-state index in [9.17, 15) is 24.6 Å². The molecule has 5 aromatic rings. The number of aromatic amines is 1. The lowest BCUT2D eigenvalue weighted by Gasteiger charge is -2.36. The fourth-order valence-electron chi connectivity index (χ4n) is 7.06. The van der Waals surface area contributed by atoms with E-state index in [2.05, 4.69) is 5.10 Å². The minimum absolute atomic E-state index is 0.0633. The number of aliphatic hydroxyl groups is 2. The highest BCUT2D eigenvalue weighted by atomic mass is 16.5. The van der Waals surface area contributed by atoms with Gasteiger partial charge < -0.3 is 24.7 Å². The lowest BCUT2D eigenvalue weighted by atomic mass is 9.82. The van der Waals surface area contributed by atoms with Crippen molar-refractivity contribution in [3.05, 3.63) is 136 Å².